The monoisotopic (exact) mass is 645 g/mol. The lowest BCUT2D eigenvalue weighted by atomic mass is 10.1. The number of thioether (sulfide) groups is 1. The van der Waals surface area contributed by atoms with Gasteiger partial charge in [0.05, 0.1) is 27.4 Å². The summed E-state index contributed by atoms with van der Waals surface area (Å²) in [5, 5.41) is 11.4. The van der Waals surface area contributed by atoms with Crippen LogP contribution < -0.4 is 9.47 Å². The number of rotatable bonds is 9. The summed E-state index contributed by atoms with van der Waals surface area (Å²) < 4.78 is 31.8. The van der Waals surface area contributed by atoms with E-state index in [0.717, 1.165) is 3.57 Å². The first-order valence-electron chi connectivity index (χ1n) is 11.9. The molecule has 0 aromatic heterocycles. The van der Waals surface area contributed by atoms with Crippen molar-refractivity contribution in [3.05, 3.63) is 103 Å². The number of para-hydroxylation sites is 1. The highest BCUT2D eigenvalue weighted by molar-refractivity contribution is 14.1. The second kappa shape index (κ2) is 13.0. The van der Waals surface area contributed by atoms with Crippen molar-refractivity contribution in [1.29, 1.82) is 0 Å². The highest BCUT2D eigenvalue weighted by Crippen LogP contribution is 2.42. The predicted octanol–water partition coefficient (Wildman–Crippen LogP) is 7.60. The van der Waals surface area contributed by atoms with E-state index in [2.05, 4.69) is 27.6 Å². The van der Waals surface area contributed by atoms with Crippen molar-refractivity contribution in [2.45, 2.75) is 20.5 Å². The summed E-state index contributed by atoms with van der Waals surface area (Å²) in [5.41, 5.74) is 1.83. The topological polar surface area (TPSA) is 77.4 Å². The van der Waals surface area contributed by atoms with Gasteiger partial charge >= 0.3 is 5.97 Å². The van der Waals surface area contributed by atoms with Crippen molar-refractivity contribution in [2.75, 3.05) is 13.2 Å². The number of esters is 1. The third-order valence-corrected chi connectivity index (χ3v) is 7.14. The van der Waals surface area contributed by atoms with Crippen molar-refractivity contribution < 1.29 is 28.5 Å². The van der Waals surface area contributed by atoms with E-state index in [1.807, 2.05) is 43.3 Å². The van der Waals surface area contributed by atoms with Crippen LogP contribution in [0.5, 0.6) is 11.5 Å². The molecular formula is C29H25FINO5S. The Bertz CT molecular complexity index is 1420. The number of aliphatic hydroxyl groups excluding tert-OH is 1. The first-order valence-corrected chi connectivity index (χ1v) is 13.8. The number of benzene rings is 3. The van der Waals surface area contributed by atoms with Gasteiger partial charge in [-0.25, -0.2) is 14.2 Å². The quantitative estimate of drug-likeness (QED) is 0.191. The third kappa shape index (κ3) is 6.57. The molecule has 3 aromatic rings. The number of halogens is 2. The molecule has 38 heavy (non-hydrogen) atoms. The SMILES string of the molecule is CCOC(=O)C1=C(O)/C(=C/c2cc(I)c(OCc3ccccc3F)c(OCC)c2)SC1=Nc1ccccc1. The highest BCUT2D eigenvalue weighted by Gasteiger charge is 2.33. The fraction of sp³-hybridized carbons (Fsp3) is 0.172. The summed E-state index contributed by atoms with van der Waals surface area (Å²) in [6.07, 6.45) is 1.75. The maximum Gasteiger partial charge on any atom is 0.344 e. The van der Waals surface area contributed by atoms with E-state index in [1.165, 1.54) is 17.8 Å². The molecule has 1 aliphatic heterocycles. The number of nitrogens with zero attached hydrogens (tertiary/aromatic N) is 1. The minimum Gasteiger partial charge on any atom is -0.506 e. The Morgan fingerprint density at radius 1 is 1.05 bits per heavy atom. The number of ether oxygens (including phenoxy) is 3. The predicted molar refractivity (Wildman–Crippen MR) is 156 cm³/mol. The van der Waals surface area contributed by atoms with Gasteiger partial charge in [-0.2, -0.15) is 0 Å². The molecule has 0 saturated heterocycles. The third-order valence-electron chi connectivity index (χ3n) is 5.32. The van der Waals surface area contributed by atoms with Gasteiger partial charge in [-0.15, -0.1) is 0 Å². The second-order valence-corrected chi connectivity index (χ2v) is 10.1. The van der Waals surface area contributed by atoms with Gasteiger partial charge in [0.25, 0.3) is 0 Å². The van der Waals surface area contributed by atoms with Gasteiger partial charge in [0.1, 0.15) is 28.8 Å². The lowest BCUT2D eigenvalue weighted by Gasteiger charge is -2.15. The fourth-order valence-corrected chi connectivity index (χ4v) is 5.42. The molecule has 0 saturated carbocycles. The molecule has 1 heterocycles. The summed E-state index contributed by atoms with van der Waals surface area (Å²) in [4.78, 5) is 17.7. The maximum atomic E-state index is 14.1. The van der Waals surface area contributed by atoms with E-state index in [9.17, 15) is 14.3 Å². The van der Waals surface area contributed by atoms with Gasteiger partial charge in [-0.3, -0.25) is 0 Å². The molecule has 3 aromatic carbocycles. The molecule has 0 spiro atoms. The van der Waals surface area contributed by atoms with Crippen LogP contribution in [0.4, 0.5) is 10.1 Å². The Kier molecular flexibility index (Phi) is 9.46. The summed E-state index contributed by atoms with van der Waals surface area (Å²) in [5.74, 6) is -0.200. The van der Waals surface area contributed by atoms with Crippen LogP contribution >= 0.6 is 34.4 Å². The number of carbonyl (C=O) groups is 1. The molecular weight excluding hydrogens is 620 g/mol. The number of hydrogen-bond acceptors (Lipinski definition) is 7. The van der Waals surface area contributed by atoms with Gasteiger partial charge < -0.3 is 19.3 Å². The van der Waals surface area contributed by atoms with Crippen molar-refractivity contribution in [3.63, 3.8) is 0 Å². The van der Waals surface area contributed by atoms with Crippen LogP contribution in [-0.4, -0.2) is 29.3 Å². The summed E-state index contributed by atoms with van der Waals surface area (Å²) in [6.45, 7) is 4.17. The Labute approximate surface area is 238 Å². The number of aliphatic hydroxyl groups is 1. The van der Waals surface area contributed by atoms with Crippen molar-refractivity contribution in [3.8, 4) is 11.5 Å². The van der Waals surface area contributed by atoms with E-state index in [-0.39, 0.29) is 30.4 Å². The fourth-order valence-electron chi connectivity index (χ4n) is 3.60. The van der Waals surface area contributed by atoms with Gasteiger partial charge in [-0.05, 0) is 78.4 Å². The van der Waals surface area contributed by atoms with E-state index >= 15 is 0 Å². The first kappa shape index (κ1) is 27.7. The molecule has 1 N–H and O–H groups in total. The molecule has 1 aliphatic rings. The van der Waals surface area contributed by atoms with Crippen LogP contribution in [0, 0.1) is 9.39 Å². The first-order chi connectivity index (χ1) is 18.4. The number of aliphatic imine (C=N–C) groups is 1. The largest absolute Gasteiger partial charge is 0.506 e. The van der Waals surface area contributed by atoms with Crippen LogP contribution in [0.15, 0.2) is 88.0 Å². The van der Waals surface area contributed by atoms with Gasteiger partial charge in [0, 0.05) is 5.56 Å². The lowest BCUT2D eigenvalue weighted by Crippen LogP contribution is -2.12. The number of carbonyl (C=O) groups excluding carboxylic acids is 1. The molecule has 0 aliphatic carbocycles. The molecule has 0 bridgehead atoms. The molecule has 0 amide bonds. The van der Waals surface area contributed by atoms with Crippen molar-refractivity contribution in [2.24, 2.45) is 4.99 Å². The van der Waals surface area contributed by atoms with Gasteiger partial charge in [0.2, 0.25) is 0 Å². The van der Waals surface area contributed by atoms with E-state index < -0.39 is 5.97 Å². The van der Waals surface area contributed by atoms with Gasteiger partial charge in [0.15, 0.2) is 11.5 Å². The van der Waals surface area contributed by atoms with Crippen LogP contribution in [0.25, 0.3) is 6.08 Å². The van der Waals surface area contributed by atoms with E-state index in [1.54, 1.807) is 37.3 Å². The van der Waals surface area contributed by atoms with Crippen molar-refractivity contribution in [1.82, 2.24) is 0 Å². The number of hydrogen-bond donors (Lipinski definition) is 1. The van der Waals surface area contributed by atoms with Crippen LogP contribution in [0.3, 0.4) is 0 Å². The lowest BCUT2D eigenvalue weighted by molar-refractivity contribution is -0.138. The van der Waals surface area contributed by atoms with Gasteiger partial charge in [-0.1, -0.05) is 48.2 Å². The average Bonchev–Trinajstić information content (AvgIpc) is 3.19. The zero-order valence-corrected chi connectivity index (χ0v) is 23.7. The molecule has 0 radical (unpaired) electrons. The zero-order valence-electron chi connectivity index (χ0n) is 20.7. The normalized spacial score (nSPS) is 15.3. The Hall–Kier alpha value is -3.31. The smallest absolute Gasteiger partial charge is 0.344 e. The van der Waals surface area contributed by atoms with Crippen molar-refractivity contribution >= 4 is 57.1 Å². The second-order valence-electron chi connectivity index (χ2n) is 7.95. The standard InChI is InChI=1S/C29H25FINO5S/c1-3-35-23-15-18(14-22(31)27(23)37-17-19-10-8-9-13-21(19)30)16-24-26(33)25(29(34)36-4-2)28(38-24)32-20-11-6-5-7-12-20/h5-16,33H,3-4,17H2,1-2H3/b24-16-,32-28?. The maximum absolute atomic E-state index is 14.1. The molecule has 0 fully saturated rings. The Morgan fingerprint density at radius 3 is 2.50 bits per heavy atom. The molecule has 4 rings (SSSR count). The molecule has 9 heteroatoms. The summed E-state index contributed by atoms with van der Waals surface area (Å²) in [7, 11) is 0. The van der Waals surface area contributed by atoms with Crippen LogP contribution in [-0.2, 0) is 16.1 Å². The molecule has 6 nitrogen and oxygen atoms in total. The Morgan fingerprint density at radius 2 is 1.79 bits per heavy atom. The zero-order chi connectivity index (χ0) is 27.1. The van der Waals surface area contributed by atoms with E-state index in [4.69, 9.17) is 14.2 Å². The van der Waals surface area contributed by atoms with Crippen LogP contribution in [0.1, 0.15) is 25.0 Å². The average molecular weight is 645 g/mol. The Balaban J connectivity index is 1.68. The van der Waals surface area contributed by atoms with Crippen LogP contribution in [0.2, 0.25) is 0 Å². The summed E-state index contributed by atoms with van der Waals surface area (Å²) in [6, 6.07) is 19.3. The van der Waals surface area contributed by atoms with E-state index in [0.29, 0.717) is 44.9 Å². The minimum absolute atomic E-state index is 0.0246. The molecule has 0 unspecified atom stereocenters. The highest BCUT2D eigenvalue weighted by atomic mass is 127. The summed E-state index contributed by atoms with van der Waals surface area (Å²) >= 11 is 3.31. The molecule has 0 atom stereocenters. The minimum atomic E-state index is -0.642. The molecule has 196 valence electrons.